The van der Waals surface area contributed by atoms with E-state index in [1.54, 1.807) is 11.0 Å². The van der Waals surface area contributed by atoms with E-state index in [9.17, 15) is 14.0 Å². The van der Waals surface area contributed by atoms with Crippen molar-refractivity contribution in [3.05, 3.63) is 45.8 Å². The number of nitrogens with one attached hydrogen (secondary N) is 1. The highest BCUT2D eigenvalue weighted by molar-refractivity contribution is 14.1. The standard InChI is InChI=1S/C16H19FIN3O2/c1-2-5-19-15(22)11-20-6-8-21(9-7-20)16(23)13-4-3-12(17)10-14(13)18/h2-4,10H,1,5-9,11H2,(H,19,22). The number of hydrogen-bond donors (Lipinski definition) is 1. The summed E-state index contributed by atoms with van der Waals surface area (Å²) in [6.45, 7) is 6.74. The lowest BCUT2D eigenvalue weighted by Gasteiger charge is -2.34. The summed E-state index contributed by atoms with van der Waals surface area (Å²) >= 11 is 1.97. The van der Waals surface area contributed by atoms with Crippen LogP contribution in [0, 0.1) is 9.39 Å². The van der Waals surface area contributed by atoms with Gasteiger partial charge in [-0.05, 0) is 40.8 Å². The van der Waals surface area contributed by atoms with E-state index in [1.807, 2.05) is 27.5 Å². The number of piperazine rings is 1. The molecule has 0 aliphatic carbocycles. The Bertz CT molecular complexity index is 601. The Balaban J connectivity index is 1.87. The van der Waals surface area contributed by atoms with Gasteiger partial charge < -0.3 is 10.2 Å². The number of rotatable bonds is 5. The number of carbonyl (C=O) groups excluding carboxylic acids is 2. The minimum atomic E-state index is -0.346. The smallest absolute Gasteiger partial charge is 0.255 e. The largest absolute Gasteiger partial charge is 0.352 e. The van der Waals surface area contributed by atoms with Crippen molar-refractivity contribution in [2.75, 3.05) is 39.3 Å². The number of halogens is 2. The number of benzene rings is 1. The zero-order valence-corrected chi connectivity index (χ0v) is 14.9. The summed E-state index contributed by atoms with van der Waals surface area (Å²) in [6.07, 6.45) is 1.64. The van der Waals surface area contributed by atoms with Gasteiger partial charge >= 0.3 is 0 Å². The van der Waals surface area contributed by atoms with Crippen LogP contribution in [0.25, 0.3) is 0 Å². The van der Waals surface area contributed by atoms with Gasteiger partial charge in [0.2, 0.25) is 5.91 Å². The summed E-state index contributed by atoms with van der Waals surface area (Å²) in [5, 5.41) is 2.74. The fourth-order valence-corrected chi connectivity index (χ4v) is 3.10. The fourth-order valence-electron chi connectivity index (χ4n) is 2.39. The van der Waals surface area contributed by atoms with Crippen molar-refractivity contribution in [3.8, 4) is 0 Å². The van der Waals surface area contributed by atoms with E-state index in [0.29, 0.717) is 48.4 Å². The molecule has 2 amide bonds. The maximum Gasteiger partial charge on any atom is 0.255 e. The van der Waals surface area contributed by atoms with Gasteiger partial charge in [-0.25, -0.2) is 4.39 Å². The monoisotopic (exact) mass is 431 g/mol. The molecule has 124 valence electrons. The van der Waals surface area contributed by atoms with Crippen LogP contribution < -0.4 is 5.32 Å². The number of carbonyl (C=O) groups is 2. The Morgan fingerprint density at radius 2 is 2.00 bits per heavy atom. The topological polar surface area (TPSA) is 52.7 Å². The Kier molecular flexibility index (Phi) is 6.52. The third kappa shape index (κ3) is 5.00. The van der Waals surface area contributed by atoms with Crippen LogP contribution in [0.4, 0.5) is 4.39 Å². The van der Waals surface area contributed by atoms with E-state index in [2.05, 4.69) is 11.9 Å². The molecule has 0 spiro atoms. The normalized spacial score (nSPS) is 15.3. The molecule has 0 aromatic heterocycles. The molecule has 1 aromatic carbocycles. The van der Waals surface area contributed by atoms with Crippen LogP contribution in [0.3, 0.4) is 0 Å². The first-order chi connectivity index (χ1) is 11.0. The molecule has 7 heteroatoms. The van der Waals surface area contributed by atoms with Crippen LogP contribution in [-0.4, -0.2) is 60.9 Å². The maximum atomic E-state index is 13.1. The van der Waals surface area contributed by atoms with Crippen LogP contribution >= 0.6 is 22.6 Å². The van der Waals surface area contributed by atoms with Gasteiger partial charge in [-0.3, -0.25) is 14.5 Å². The first kappa shape index (κ1) is 17.9. The van der Waals surface area contributed by atoms with Gasteiger partial charge in [0.05, 0.1) is 12.1 Å². The maximum absolute atomic E-state index is 13.1. The van der Waals surface area contributed by atoms with Gasteiger partial charge in [0.1, 0.15) is 5.82 Å². The highest BCUT2D eigenvalue weighted by atomic mass is 127. The minimum absolute atomic E-state index is 0.0437. The van der Waals surface area contributed by atoms with Crippen molar-refractivity contribution in [2.45, 2.75) is 0 Å². The second-order valence-corrected chi connectivity index (χ2v) is 6.45. The van der Waals surface area contributed by atoms with Gasteiger partial charge in [0, 0.05) is 36.3 Å². The Labute approximate surface area is 148 Å². The first-order valence-corrected chi connectivity index (χ1v) is 8.43. The van der Waals surface area contributed by atoms with Crippen LogP contribution in [-0.2, 0) is 4.79 Å². The van der Waals surface area contributed by atoms with Crippen molar-refractivity contribution < 1.29 is 14.0 Å². The fraction of sp³-hybridized carbons (Fsp3) is 0.375. The minimum Gasteiger partial charge on any atom is -0.352 e. The predicted octanol–water partition coefficient (Wildman–Crippen LogP) is 1.49. The van der Waals surface area contributed by atoms with Gasteiger partial charge in [-0.1, -0.05) is 6.08 Å². The molecular weight excluding hydrogens is 412 g/mol. The van der Waals surface area contributed by atoms with E-state index >= 15 is 0 Å². The summed E-state index contributed by atoms with van der Waals surface area (Å²) in [5.41, 5.74) is 0.518. The molecule has 0 bridgehead atoms. The van der Waals surface area contributed by atoms with Gasteiger partial charge in [0.15, 0.2) is 0 Å². The van der Waals surface area contributed by atoms with Crippen LogP contribution in [0.15, 0.2) is 30.9 Å². The van der Waals surface area contributed by atoms with Crippen LogP contribution in [0.2, 0.25) is 0 Å². The average Bonchev–Trinajstić information content (AvgIpc) is 2.53. The lowest BCUT2D eigenvalue weighted by Crippen LogP contribution is -2.51. The second-order valence-electron chi connectivity index (χ2n) is 5.29. The summed E-state index contributed by atoms with van der Waals surface area (Å²) in [5.74, 6) is -0.482. The van der Waals surface area contributed by atoms with E-state index < -0.39 is 0 Å². The third-order valence-corrected chi connectivity index (χ3v) is 4.52. The first-order valence-electron chi connectivity index (χ1n) is 7.35. The molecule has 1 N–H and O–H groups in total. The number of hydrogen-bond acceptors (Lipinski definition) is 3. The van der Waals surface area contributed by atoms with Crippen molar-refractivity contribution >= 4 is 34.4 Å². The highest BCUT2D eigenvalue weighted by Gasteiger charge is 2.24. The van der Waals surface area contributed by atoms with Crippen LogP contribution in [0.5, 0.6) is 0 Å². The SMILES string of the molecule is C=CCNC(=O)CN1CCN(C(=O)c2ccc(F)cc2I)CC1. The van der Waals surface area contributed by atoms with Crippen molar-refractivity contribution in [2.24, 2.45) is 0 Å². The zero-order chi connectivity index (χ0) is 16.8. The average molecular weight is 431 g/mol. The Morgan fingerprint density at radius 3 is 2.61 bits per heavy atom. The molecule has 1 heterocycles. The third-order valence-electron chi connectivity index (χ3n) is 3.63. The molecular formula is C16H19FIN3O2. The Morgan fingerprint density at radius 1 is 1.30 bits per heavy atom. The van der Waals surface area contributed by atoms with E-state index in [0.717, 1.165) is 0 Å². The molecule has 1 saturated heterocycles. The van der Waals surface area contributed by atoms with Gasteiger partial charge in [-0.2, -0.15) is 0 Å². The highest BCUT2D eigenvalue weighted by Crippen LogP contribution is 2.17. The van der Waals surface area contributed by atoms with Crippen molar-refractivity contribution in [1.82, 2.24) is 15.1 Å². The molecule has 0 atom stereocenters. The molecule has 1 fully saturated rings. The lowest BCUT2D eigenvalue weighted by molar-refractivity contribution is -0.122. The van der Waals surface area contributed by atoms with Gasteiger partial charge in [0.25, 0.3) is 5.91 Å². The van der Waals surface area contributed by atoms with E-state index in [4.69, 9.17) is 0 Å². The summed E-state index contributed by atoms with van der Waals surface area (Å²) < 4.78 is 13.7. The molecule has 0 saturated carbocycles. The van der Waals surface area contributed by atoms with E-state index in [-0.39, 0.29) is 17.6 Å². The molecule has 2 rings (SSSR count). The summed E-state index contributed by atoms with van der Waals surface area (Å²) in [6, 6.07) is 4.18. The molecule has 1 aromatic rings. The molecule has 0 radical (unpaired) electrons. The molecule has 5 nitrogen and oxygen atoms in total. The van der Waals surface area contributed by atoms with Crippen molar-refractivity contribution in [1.29, 1.82) is 0 Å². The number of amides is 2. The number of nitrogens with zero attached hydrogens (tertiary/aromatic N) is 2. The lowest BCUT2D eigenvalue weighted by atomic mass is 10.1. The zero-order valence-electron chi connectivity index (χ0n) is 12.7. The quantitative estimate of drug-likeness (QED) is 0.568. The summed E-state index contributed by atoms with van der Waals surface area (Å²) in [7, 11) is 0. The van der Waals surface area contributed by atoms with E-state index in [1.165, 1.54) is 18.2 Å². The van der Waals surface area contributed by atoms with Crippen molar-refractivity contribution in [3.63, 3.8) is 0 Å². The second kappa shape index (κ2) is 8.39. The predicted molar refractivity (Wildman–Crippen MR) is 94.7 cm³/mol. The van der Waals surface area contributed by atoms with Gasteiger partial charge in [-0.15, -0.1) is 6.58 Å². The Hall–Kier alpha value is -1.48. The van der Waals surface area contributed by atoms with Crippen LogP contribution in [0.1, 0.15) is 10.4 Å². The molecule has 0 unspecified atom stereocenters. The molecule has 1 aliphatic heterocycles. The molecule has 1 aliphatic rings. The molecule has 23 heavy (non-hydrogen) atoms. The summed E-state index contributed by atoms with van der Waals surface area (Å²) in [4.78, 5) is 27.9.